The Balaban J connectivity index is 2.54. The molecule has 0 aliphatic rings. The summed E-state index contributed by atoms with van der Waals surface area (Å²) in [6.07, 6.45) is 1.05. The molecule has 0 unspecified atom stereocenters. The Kier molecular flexibility index (Phi) is 5.78. The van der Waals surface area contributed by atoms with Crippen LogP contribution in [-0.2, 0) is 9.84 Å². The predicted octanol–water partition coefficient (Wildman–Crippen LogP) is 2.96. The Morgan fingerprint density at radius 3 is 1.79 bits per heavy atom. The Labute approximate surface area is 160 Å². The van der Waals surface area contributed by atoms with Gasteiger partial charge in [0.15, 0.2) is 9.84 Å². The van der Waals surface area contributed by atoms with Crippen LogP contribution in [-0.4, -0.2) is 36.5 Å². The Morgan fingerprint density at radius 2 is 1.43 bits per heavy atom. The lowest BCUT2D eigenvalue weighted by Crippen LogP contribution is -2.37. The van der Waals surface area contributed by atoms with E-state index in [1.165, 1.54) is 29.2 Å². The van der Waals surface area contributed by atoms with E-state index < -0.39 is 43.0 Å². The number of carbonyl (C=O) groups is 1. The molecule has 2 aromatic rings. The van der Waals surface area contributed by atoms with E-state index in [4.69, 9.17) is 0 Å². The number of nitro groups is 2. The third kappa shape index (κ3) is 4.49. The molecule has 2 rings (SSSR count). The van der Waals surface area contributed by atoms with E-state index in [0.717, 1.165) is 24.5 Å². The summed E-state index contributed by atoms with van der Waals surface area (Å²) >= 11 is 0. The molecule has 11 heteroatoms. The second-order valence-corrected chi connectivity index (χ2v) is 8.30. The molecule has 0 N–H and O–H groups in total. The highest BCUT2D eigenvalue weighted by Gasteiger charge is 2.26. The van der Waals surface area contributed by atoms with E-state index in [0.29, 0.717) is 5.69 Å². The highest BCUT2D eigenvalue weighted by molar-refractivity contribution is 7.90. The third-order valence-corrected chi connectivity index (χ3v) is 4.98. The van der Waals surface area contributed by atoms with Gasteiger partial charge in [0.1, 0.15) is 0 Å². The SMILES string of the molecule is CC(C)N(C(=O)c1cc([N+](=O)[O-])cc([N+](=O)[O-])c1)c1ccc(S(C)(=O)=O)cc1. The standard InChI is InChI=1S/C17H17N3O7S/c1-11(2)18(13-4-6-16(7-5-13)28(3,26)27)17(21)12-8-14(19(22)23)10-15(9-12)20(24)25/h4-11H,1-3H3. The molecular weight excluding hydrogens is 390 g/mol. The molecule has 0 saturated heterocycles. The first kappa shape index (κ1) is 21.0. The van der Waals surface area contributed by atoms with Crippen LogP contribution in [0.15, 0.2) is 47.4 Å². The fourth-order valence-corrected chi connectivity index (χ4v) is 3.20. The van der Waals surface area contributed by atoms with Crippen LogP contribution in [0.4, 0.5) is 17.1 Å². The molecule has 0 spiro atoms. The van der Waals surface area contributed by atoms with Crippen LogP contribution in [0.3, 0.4) is 0 Å². The van der Waals surface area contributed by atoms with E-state index in [2.05, 4.69) is 0 Å². The zero-order valence-electron chi connectivity index (χ0n) is 15.2. The number of nitrogens with zero attached hydrogens (tertiary/aromatic N) is 3. The Bertz CT molecular complexity index is 1010. The molecule has 10 nitrogen and oxygen atoms in total. The van der Waals surface area contributed by atoms with E-state index in [9.17, 15) is 33.4 Å². The number of hydrogen-bond acceptors (Lipinski definition) is 7. The molecule has 1 amide bonds. The lowest BCUT2D eigenvalue weighted by atomic mass is 10.1. The van der Waals surface area contributed by atoms with E-state index in [1.54, 1.807) is 13.8 Å². The number of non-ortho nitro benzene ring substituents is 2. The largest absolute Gasteiger partial charge is 0.306 e. The summed E-state index contributed by atoms with van der Waals surface area (Å²) in [4.78, 5) is 34.8. The normalized spacial score (nSPS) is 11.3. The van der Waals surface area contributed by atoms with Crippen molar-refractivity contribution in [2.75, 3.05) is 11.2 Å². The predicted molar refractivity (Wildman–Crippen MR) is 101 cm³/mol. The highest BCUT2D eigenvalue weighted by Crippen LogP contribution is 2.27. The molecular formula is C17H17N3O7S. The highest BCUT2D eigenvalue weighted by atomic mass is 32.2. The number of amides is 1. The van der Waals surface area contributed by atoms with Crippen molar-refractivity contribution in [2.45, 2.75) is 24.8 Å². The van der Waals surface area contributed by atoms with Crippen LogP contribution in [0.25, 0.3) is 0 Å². The average molecular weight is 407 g/mol. The van der Waals surface area contributed by atoms with Crippen molar-refractivity contribution < 1.29 is 23.1 Å². The Morgan fingerprint density at radius 1 is 0.964 bits per heavy atom. The maximum atomic E-state index is 13.0. The van der Waals surface area contributed by atoms with E-state index >= 15 is 0 Å². The molecule has 0 fully saturated rings. The second-order valence-electron chi connectivity index (χ2n) is 6.29. The quantitative estimate of drug-likeness (QED) is 0.529. The van der Waals surface area contributed by atoms with Crippen molar-refractivity contribution in [3.63, 3.8) is 0 Å². The van der Waals surface area contributed by atoms with Gasteiger partial charge in [-0.05, 0) is 38.1 Å². The lowest BCUT2D eigenvalue weighted by Gasteiger charge is -2.27. The molecule has 0 radical (unpaired) electrons. The van der Waals surface area contributed by atoms with Crippen molar-refractivity contribution in [3.8, 4) is 0 Å². The van der Waals surface area contributed by atoms with Gasteiger partial charge in [-0.15, -0.1) is 0 Å². The number of nitro benzene ring substituents is 2. The number of rotatable bonds is 6. The third-order valence-electron chi connectivity index (χ3n) is 3.85. The number of benzene rings is 2. The first-order valence-electron chi connectivity index (χ1n) is 7.99. The minimum Gasteiger partial charge on any atom is -0.306 e. The molecule has 0 aromatic heterocycles. The van der Waals surface area contributed by atoms with Gasteiger partial charge < -0.3 is 4.90 Å². The van der Waals surface area contributed by atoms with Gasteiger partial charge in [-0.25, -0.2) is 8.42 Å². The molecule has 0 aliphatic carbocycles. The lowest BCUT2D eigenvalue weighted by molar-refractivity contribution is -0.394. The summed E-state index contributed by atoms with van der Waals surface area (Å²) in [5.74, 6) is -0.686. The van der Waals surface area contributed by atoms with Crippen LogP contribution >= 0.6 is 0 Å². The summed E-state index contributed by atoms with van der Waals surface area (Å²) in [6, 6.07) is 7.84. The van der Waals surface area contributed by atoms with Gasteiger partial charge in [-0.2, -0.15) is 0 Å². The second kappa shape index (κ2) is 7.72. The first-order chi connectivity index (χ1) is 12.9. The topological polar surface area (TPSA) is 141 Å². The van der Waals surface area contributed by atoms with Crippen LogP contribution < -0.4 is 4.90 Å². The number of sulfone groups is 1. The van der Waals surface area contributed by atoms with Crippen molar-refractivity contribution in [1.82, 2.24) is 0 Å². The van der Waals surface area contributed by atoms with Gasteiger partial charge in [-0.3, -0.25) is 25.0 Å². The molecule has 0 aliphatic heterocycles. The van der Waals surface area contributed by atoms with Crippen LogP contribution in [0, 0.1) is 20.2 Å². The van der Waals surface area contributed by atoms with E-state index in [-0.39, 0.29) is 10.5 Å². The van der Waals surface area contributed by atoms with Gasteiger partial charge in [0.25, 0.3) is 17.3 Å². The number of anilines is 1. The fraction of sp³-hybridized carbons (Fsp3) is 0.235. The van der Waals surface area contributed by atoms with Crippen LogP contribution in [0.2, 0.25) is 0 Å². The molecule has 0 saturated carbocycles. The summed E-state index contributed by atoms with van der Waals surface area (Å²) < 4.78 is 23.2. The smallest absolute Gasteiger partial charge is 0.277 e. The van der Waals surface area contributed by atoms with Crippen molar-refractivity contribution in [2.24, 2.45) is 0 Å². The summed E-state index contributed by atoms with van der Waals surface area (Å²) in [5, 5.41) is 22.1. The van der Waals surface area contributed by atoms with Gasteiger partial charge in [-0.1, -0.05) is 0 Å². The summed E-state index contributed by atoms with van der Waals surface area (Å²) in [5.41, 5.74) is -1.02. The number of carbonyl (C=O) groups excluding carboxylic acids is 1. The van der Waals surface area contributed by atoms with Crippen LogP contribution in [0.5, 0.6) is 0 Å². The zero-order valence-corrected chi connectivity index (χ0v) is 16.0. The van der Waals surface area contributed by atoms with Gasteiger partial charge in [0.2, 0.25) is 0 Å². The summed E-state index contributed by atoms with van der Waals surface area (Å²) in [6.45, 7) is 3.38. The minimum absolute atomic E-state index is 0.0680. The maximum absolute atomic E-state index is 13.0. The first-order valence-corrected chi connectivity index (χ1v) is 9.88. The van der Waals surface area contributed by atoms with Crippen molar-refractivity contribution >= 4 is 32.8 Å². The molecule has 0 bridgehead atoms. The van der Waals surface area contributed by atoms with Crippen molar-refractivity contribution in [1.29, 1.82) is 0 Å². The minimum atomic E-state index is -3.42. The monoisotopic (exact) mass is 407 g/mol. The molecule has 0 heterocycles. The average Bonchev–Trinajstić information content (AvgIpc) is 2.60. The zero-order chi connectivity index (χ0) is 21.2. The van der Waals surface area contributed by atoms with Gasteiger partial charge in [0.05, 0.1) is 26.4 Å². The fourth-order valence-electron chi connectivity index (χ4n) is 2.57. The van der Waals surface area contributed by atoms with Crippen LogP contribution in [0.1, 0.15) is 24.2 Å². The molecule has 2 aromatic carbocycles. The number of hydrogen-bond donors (Lipinski definition) is 0. The van der Waals surface area contributed by atoms with E-state index in [1.807, 2.05) is 0 Å². The van der Waals surface area contributed by atoms with Crippen molar-refractivity contribution in [3.05, 3.63) is 68.3 Å². The maximum Gasteiger partial charge on any atom is 0.277 e. The Hall–Kier alpha value is -3.34. The van der Waals surface area contributed by atoms with Gasteiger partial charge >= 0.3 is 0 Å². The summed E-state index contributed by atoms with van der Waals surface area (Å²) in [7, 11) is -3.42. The molecule has 148 valence electrons. The van der Waals surface area contributed by atoms with Gasteiger partial charge in [0, 0.05) is 30.1 Å². The molecule has 28 heavy (non-hydrogen) atoms. The molecule has 0 atom stereocenters.